The fourth-order valence-corrected chi connectivity index (χ4v) is 3.96. The Kier molecular flexibility index (Phi) is 6.79. The lowest BCUT2D eigenvalue weighted by Gasteiger charge is -2.23. The Morgan fingerprint density at radius 1 is 1.41 bits per heavy atom. The minimum atomic E-state index is -3.31. The predicted octanol–water partition coefficient (Wildman–Crippen LogP) is 0.245. The summed E-state index contributed by atoms with van der Waals surface area (Å²) in [5.74, 6) is 2.79. The van der Waals surface area contributed by atoms with Gasteiger partial charge in [0.25, 0.3) is 10.2 Å². The highest BCUT2D eigenvalue weighted by atomic mass is 32.2. The zero-order chi connectivity index (χ0) is 12.7. The van der Waals surface area contributed by atoms with E-state index in [4.69, 9.17) is 5.73 Å². The van der Waals surface area contributed by atoms with Gasteiger partial charge in [0.05, 0.1) is 0 Å². The molecule has 102 valence electrons. The summed E-state index contributed by atoms with van der Waals surface area (Å²) < 4.78 is 27.7. The number of nitrogens with one attached hydrogen (secondary N) is 1. The molecule has 0 aromatic heterocycles. The Bertz CT molecular complexity index is 303. The van der Waals surface area contributed by atoms with E-state index < -0.39 is 10.2 Å². The van der Waals surface area contributed by atoms with Crippen LogP contribution in [0, 0.1) is 5.92 Å². The van der Waals surface area contributed by atoms with Gasteiger partial charge < -0.3 is 5.73 Å². The fourth-order valence-electron chi connectivity index (χ4n) is 1.72. The minimum absolute atomic E-state index is 0.479. The average molecular weight is 281 g/mol. The second kappa shape index (κ2) is 7.58. The molecular weight excluding hydrogens is 258 g/mol. The average Bonchev–Trinajstić information content (AvgIpc) is 2.35. The predicted molar refractivity (Wildman–Crippen MR) is 73.3 cm³/mol. The van der Waals surface area contributed by atoms with Gasteiger partial charge in [-0.25, -0.2) is 4.72 Å². The van der Waals surface area contributed by atoms with Crippen LogP contribution in [0.3, 0.4) is 0 Å². The van der Waals surface area contributed by atoms with Gasteiger partial charge in [-0.1, -0.05) is 0 Å². The molecule has 0 aliphatic carbocycles. The summed E-state index contributed by atoms with van der Waals surface area (Å²) >= 11 is 1.95. The summed E-state index contributed by atoms with van der Waals surface area (Å²) in [6, 6.07) is 0. The van der Waals surface area contributed by atoms with E-state index in [1.54, 1.807) is 7.05 Å². The molecule has 0 atom stereocenters. The highest BCUT2D eigenvalue weighted by molar-refractivity contribution is 7.99. The molecule has 0 unspecified atom stereocenters. The van der Waals surface area contributed by atoms with Crippen LogP contribution in [-0.4, -0.2) is 50.9 Å². The number of hydrogen-bond acceptors (Lipinski definition) is 4. The standard InChI is InChI=1S/C10H23N3O2S2/c1-13(6-2-5-11)17(14,15)12-9-10-3-7-16-8-4-10/h10,12H,2-9,11H2,1H3. The van der Waals surface area contributed by atoms with E-state index in [-0.39, 0.29) is 0 Å². The van der Waals surface area contributed by atoms with Crippen molar-refractivity contribution >= 4 is 22.0 Å². The van der Waals surface area contributed by atoms with E-state index in [9.17, 15) is 8.42 Å². The van der Waals surface area contributed by atoms with Crippen molar-refractivity contribution in [1.82, 2.24) is 9.03 Å². The maximum Gasteiger partial charge on any atom is 0.279 e. The third-order valence-corrected chi connectivity index (χ3v) is 5.57. The van der Waals surface area contributed by atoms with Crippen molar-refractivity contribution in [3.8, 4) is 0 Å². The maximum atomic E-state index is 11.8. The number of thioether (sulfide) groups is 1. The topological polar surface area (TPSA) is 75.4 Å². The molecule has 0 saturated carbocycles. The first kappa shape index (κ1) is 15.2. The number of nitrogens with zero attached hydrogens (tertiary/aromatic N) is 1. The molecule has 1 rings (SSSR count). The van der Waals surface area contributed by atoms with Gasteiger partial charge in [0, 0.05) is 20.1 Å². The van der Waals surface area contributed by atoms with Crippen LogP contribution in [-0.2, 0) is 10.2 Å². The molecule has 0 spiro atoms. The highest BCUT2D eigenvalue weighted by Crippen LogP contribution is 2.22. The van der Waals surface area contributed by atoms with Crippen LogP contribution >= 0.6 is 11.8 Å². The van der Waals surface area contributed by atoms with Gasteiger partial charge in [-0.3, -0.25) is 0 Å². The van der Waals surface area contributed by atoms with Crippen LogP contribution in [0.2, 0.25) is 0 Å². The molecular formula is C10H23N3O2S2. The van der Waals surface area contributed by atoms with E-state index >= 15 is 0 Å². The molecule has 1 heterocycles. The molecule has 5 nitrogen and oxygen atoms in total. The summed E-state index contributed by atoms with van der Waals surface area (Å²) in [5.41, 5.74) is 5.37. The summed E-state index contributed by atoms with van der Waals surface area (Å²) in [6.45, 7) is 1.56. The van der Waals surface area contributed by atoms with Gasteiger partial charge in [0.15, 0.2) is 0 Å². The minimum Gasteiger partial charge on any atom is -0.330 e. The highest BCUT2D eigenvalue weighted by Gasteiger charge is 2.20. The summed E-state index contributed by atoms with van der Waals surface area (Å²) in [5, 5.41) is 0. The van der Waals surface area contributed by atoms with E-state index in [1.165, 1.54) is 4.31 Å². The van der Waals surface area contributed by atoms with Crippen LogP contribution in [0.15, 0.2) is 0 Å². The molecule has 1 aliphatic heterocycles. The first-order valence-corrected chi connectivity index (χ1v) is 8.64. The van der Waals surface area contributed by atoms with E-state index in [0.29, 0.717) is 32.0 Å². The Balaban J connectivity index is 2.32. The smallest absolute Gasteiger partial charge is 0.279 e. The van der Waals surface area contributed by atoms with Crippen LogP contribution < -0.4 is 10.5 Å². The fraction of sp³-hybridized carbons (Fsp3) is 1.00. The molecule has 1 aliphatic rings. The molecule has 0 radical (unpaired) electrons. The summed E-state index contributed by atoms with van der Waals surface area (Å²) in [6.07, 6.45) is 2.91. The van der Waals surface area contributed by atoms with Crippen molar-refractivity contribution in [2.24, 2.45) is 11.7 Å². The normalized spacial score (nSPS) is 18.8. The molecule has 0 amide bonds. The van der Waals surface area contributed by atoms with E-state index in [0.717, 1.165) is 24.3 Å². The van der Waals surface area contributed by atoms with E-state index in [2.05, 4.69) is 4.72 Å². The molecule has 1 fully saturated rings. The molecule has 0 aromatic carbocycles. The molecule has 3 N–H and O–H groups in total. The van der Waals surface area contributed by atoms with Gasteiger partial charge in [-0.2, -0.15) is 24.5 Å². The lowest BCUT2D eigenvalue weighted by molar-refractivity contribution is 0.431. The lowest BCUT2D eigenvalue weighted by atomic mass is 10.0. The van der Waals surface area contributed by atoms with Crippen LogP contribution in [0.5, 0.6) is 0 Å². The maximum absolute atomic E-state index is 11.8. The monoisotopic (exact) mass is 281 g/mol. The van der Waals surface area contributed by atoms with Crippen molar-refractivity contribution in [2.75, 3.05) is 38.2 Å². The van der Waals surface area contributed by atoms with Gasteiger partial charge in [-0.15, -0.1) is 0 Å². The van der Waals surface area contributed by atoms with Gasteiger partial charge in [0.1, 0.15) is 0 Å². The van der Waals surface area contributed by atoms with Crippen molar-refractivity contribution < 1.29 is 8.42 Å². The number of hydrogen-bond donors (Lipinski definition) is 2. The molecule has 0 aromatic rings. The molecule has 0 bridgehead atoms. The zero-order valence-corrected chi connectivity index (χ0v) is 12.0. The Labute approximate surface area is 109 Å². The second-order valence-electron chi connectivity index (χ2n) is 4.37. The first-order chi connectivity index (χ1) is 8.06. The third kappa shape index (κ3) is 5.56. The quantitative estimate of drug-likeness (QED) is 0.701. The van der Waals surface area contributed by atoms with Crippen molar-refractivity contribution in [1.29, 1.82) is 0 Å². The SMILES string of the molecule is CN(CCCN)S(=O)(=O)NCC1CCSCC1. The van der Waals surface area contributed by atoms with Crippen LogP contribution in [0.4, 0.5) is 0 Å². The summed E-state index contributed by atoms with van der Waals surface area (Å²) in [4.78, 5) is 0. The van der Waals surface area contributed by atoms with Gasteiger partial charge in [0.2, 0.25) is 0 Å². The number of rotatable bonds is 7. The molecule has 17 heavy (non-hydrogen) atoms. The van der Waals surface area contributed by atoms with Gasteiger partial charge >= 0.3 is 0 Å². The Morgan fingerprint density at radius 2 is 2.06 bits per heavy atom. The molecule has 1 saturated heterocycles. The van der Waals surface area contributed by atoms with Crippen molar-refractivity contribution in [3.63, 3.8) is 0 Å². The summed E-state index contributed by atoms with van der Waals surface area (Å²) in [7, 11) is -1.72. The van der Waals surface area contributed by atoms with Crippen molar-refractivity contribution in [2.45, 2.75) is 19.3 Å². The third-order valence-electron chi connectivity index (χ3n) is 2.98. The zero-order valence-electron chi connectivity index (χ0n) is 10.4. The first-order valence-electron chi connectivity index (χ1n) is 6.05. The van der Waals surface area contributed by atoms with E-state index in [1.807, 2.05) is 11.8 Å². The second-order valence-corrected chi connectivity index (χ2v) is 7.46. The largest absolute Gasteiger partial charge is 0.330 e. The molecule has 7 heteroatoms. The van der Waals surface area contributed by atoms with Crippen molar-refractivity contribution in [3.05, 3.63) is 0 Å². The van der Waals surface area contributed by atoms with Crippen LogP contribution in [0.25, 0.3) is 0 Å². The Hall–Kier alpha value is 0.180. The number of nitrogens with two attached hydrogens (primary N) is 1. The Morgan fingerprint density at radius 3 is 2.65 bits per heavy atom. The lowest BCUT2D eigenvalue weighted by Crippen LogP contribution is -2.41. The van der Waals surface area contributed by atoms with Gasteiger partial charge in [-0.05, 0) is 43.2 Å². The van der Waals surface area contributed by atoms with Crippen LogP contribution in [0.1, 0.15) is 19.3 Å².